The molecule has 0 unspecified atom stereocenters. The van der Waals surface area contributed by atoms with Crippen LogP contribution in [0.3, 0.4) is 0 Å². The van der Waals surface area contributed by atoms with Crippen LogP contribution in [0.25, 0.3) is 189 Å². The van der Waals surface area contributed by atoms with E-state index >= 15 is 0 Å². The molecule has 0 spiro atoms. The van der Waals surface area contributed by atoms with Crippen molar-refractivity contribution in [3.8, 4) is 45.8 Å². The Morgan fingerprint density at radius 2 is 0.620 bits per heavy atom. The van der Waals surface area contributed by atoms with E-state index in [9.17, 15) is 0 Å². The lowest BCUT2D eigenvalue weighted by Gasteiger charge is -2.11. The van der Waals surface area contributed by atoms with E-state index in [1.54, 1.807) is 0 Å². The molecule has 23 rings (SSSR count). The maximum atomic E-state index is 5.33. The van der Waals surface area contributed by atoms with Crippen molar-refractivity contribution in [2.75, 3.05) is 0 Å². The van der Waals surface area contributed by atoms with E-state index in [4.69, 9.17) is 29.9 Å². The molecular formula is C86H52N14. The molecule has 100 heavy (non-hydrogen) atoms. The summed E-state index contributed by atoms with van der Waals surface area (Å²) in [6.07, 6.45) is 0. The third-order valence-electron chi connectivity index (χ3n) is 20.1. The number of fused-ring (bicyclic) bond motifs is 23. The van der Waals surface area contributed by atoms with E-state index in [2.05, 4.69) is 321 Å². The summed E-state index contributed by atoms with van der Waals surface area (Å²) in [5.74, 6) is 2.89. The van der Waals surface area contributed by atoms with Gasteiger partial charge in [0.2, 0.25) is 23.5 Å². The van der Waals surface area contributed by atoms with Crippen LogP contribution in [-0.4, -0.2) is 65.8 Å². The van der Waals surface area contributed by atoms with Gasteiger partial charge in [0.25, 0.3) is 0 Å². The highest BCUT2D eigenvalue weighted by Crippen LogP contribution is 2.39. The Kier molecular flexibility index (Phi) is 11.3. The third-order valence-corrected chi connectivity index (χ3v) is 20.1. The number of benzene rings is 13. The molecule has 14 nitrogen and oxygen atoms in total. The largest absolute Gasteiger partial charge is 0.294 e. The van der Waals surface area contributed by atoms with Crippen LogP contribution in [0.15, 0.2) is 315 Å². The summed E-state index contributed by atoms with van der Waals surface area (Å²) >= 11 is 0. The van der Waals surface area contributed by atoms with Gasteiger partial charge in [-0.05, 0) is 138 Å². The molecule has 0 aliphatic carbocycles. The minimum absolute atomic E-state index is 0.585. The Morgan fingerprint density at radius 3 is 1.30 bits per heavy atom. The van der Waals surface area contributed by atoms with Crippen molar-refractivity contribution < 1.29 is 0 Å². The monoisotopic (exact) mass is 1280 g/mol. The van der Waals surface area contributed by atoms with Gasteiger partial charge in [0.05, 0.1) is 105 Å². The first-order valence-electron chi connectivity index (χ1n) is 33.5. The zero-order valence-corrected chi connectivity index (χ0v) is 53.3. The van der Waals surface area contributed by atoms with Crippen molar-refractivity contribution in [3.63, 3.8) is 0 Å². The smallest absolute Gasteiger partial charge is 0.238 e. The van der Waals surface area contributed by atoms with Crippen molar-refractivity contribution in [2.24, 2.45) is 0 Å². The Hall–Kier alpha value is -14.0. The quantitative estimate of drug-likeness (QED) is 0.164. The molecular weight excluding hydrogens is 1230 g/mol. The first kappa shape index (κ1) is 54.3. The van der Waals surface area contributed by atoms with Crippen LogP contribution in [0.2, 0.25) is 0 Å². The molecule has 0 atom stereocenters. The minimum atomic E-state index is 0.585. The second kappa shape index (κ2) is 20.8. The Balaban J connectivity index is 0.000000128. The van der Waals surface area contributed by atoms with Gasteiger partial charge in [-0.15, -0.1) is 0 Å². The van der Waals surface area contributed by atoms with Gasteiger partial charge in [0, 0.05) is 38.4 Å². The molecule has 0 radical (unpaired) electrons. The molecule has 10 aromatic heterocycles. The summed E-state index contributed by atoms with van der Waals surface area (Å²) in [5, 5.41) is 6.77. The van der Waals surface area contributed by atoms with Gasteiger partial charge in [0.1, 0.15) is 11.3 Å². The number of aromatic nitrogens is 14. The molecule has 0 aliphatic heterocycles. The Bertz CT molecular complexity index is 7370. The summed E-state index contributed by atoms with van der Waals surface area (Å²) < 4.78 is 18.1. The van der Waals surface area contributed by atoms with Crippen LogP contribution in [0, 0.1) is 0 Å². The molecule has 13 aromatic carbocycles. The Labute approximate surface area is 567 Å². The number of nitrogens with zero attached hydrogens (tertiary/aromatic N) is 14. The summed E-state index contributed by atoms with van der Waals surface area (Å²) in [5.41, 5.74) is 25.0. The van der Waals surface area contributed by atoms with E-state index in [1.807, 2.05) is 30.3 Å². The molecule has 0 fully saturated rings. The number of hydrogen-bond acceptors (Lipinski definition) is 6. The van der Waals surface area contributed by atoms with Crippen LogP contribution in [-0.2, 0) is 0 Å². The molecule has 0 N–H and O–H groups in total. The molecule has 0 saturated heterocycles. The number of rotatable bonds is 6. The highest BCUT2D eigenvalue weighted by Gasteiger charge is 2.25. The predicted molar refractivity (Wildman–Crippen MR) is 404 cm³/mol. The van der Waals surface area contributed by atoms with E-state index in [0.29, 0.717) is 11.9 Å². The first-order valence-corrected chi connectivity index (χ1v) is 33.5. The maximum Gasteiger partial charge on any atom is 0.238 e. The number of imidazole rings is 6. The average Bonchev–Trinajstić information content (AvgIpc) is 1.56. The summed E-state index contributed by atoms with van der Waals surface area (Å²) in [7, 11) is 0. The van der Waals surface area contributed by atoms with Gasteiger partial charge in [-0.25, -0.2) is 34.5 Å². The standard InChI is InChI=1S/C45H27N7.C41H25N7/c1-2-12-29-25-31(22-21-28(29)11-1)43-33-14-4-5-15-34(33)46-44(48-43)52-40-20-10-9-19-39(40)51-41-27-32(23-24-35(41)47-45(51)52)49-37-17-7-8-18-38(37)50-36-16-6-3-13-30(36)26-42(49)50;1-2-12-26(13-3-1)39-29-14-4-5-15-30(29)42-40(44-39)48-36-21-11-9-19-34(36)46-37-25-28(23-22-27(37)24-38(46)48)45-33-18-8-10-20-35(33)47-32-17-7-6-16-31(32)43-41(45)47/h1-27H;1-25H. The average molecular weight is 1280 g/mol. The molecule has 14 heteroatoms. The third kappa shape index (κ3) is 7.83. The van der Waals surface area contributed by atoms with E-state index < -0.39 is 0 Å². The van der Waals surface area contributed by atoms with Gasteiger partial charge in [0.15, 0.2) is 0 Å². The summed E-state index contributed by atoms with van der Waals surface area (Å²) in [4.78, 5) is 31.3. The van der Waals surface area contributed by atoms with Crippen LogP contribution < -0.4 is 0 Å². The lowest BCUT2D eigenvalue weighted by Crippen LogP contribution is -2.04. The number of hydrogen-bond donors (Lipinski definition) is 0. The fourth-order valence-corrected chi connectivity index (χ4v) is 15.7. The molecule has 0 saturated carbocycles. The zero-order valence-electron chi connectivity index (χ0n) is 53.3. The molecule has 0 amide bonds. The SMILES string of the molecule is c1ccc(-c2nc(-n3c4ccccc4n4c5cc(-n6c7ccccc7n7c8ccccc8nc67)ccc5cc34)nc3ccccc23)cc1.c1ccc2cc(-c3nc(-n4c5ccccc5n5c6cc(-n7c8ccccc8n8c9ccccc9cc78)ccc6nc45)nc4ccccc34)ccc2c1. The fraction of sp³-hybridized carbons (Fsp3) is 0. The van der Waals surface area contributed by atoms with Crippen molar-refractivity contribution in [1.29, 1.82) is 0 Å². The summed E-state index contributed by atoms with van der Waals surface area (Å²) in [6, 6.07) is 111. The van der Waals surface area contributed by atoms with Crippen molar-refractivity contribution in [1.82, 2.24) is 65.8 Å². The maximum absolute atomic E-state index is 5.33. The fourth-order valence-electron chi connectivity index (χ4n) is 15.7. The topological polar surface area (TPSA) is 115 Å². The van der Waals surface area contributed by atoms with Gasteiger partial charge in [-0.1, -0.05) is 188 Å². The van der Waals surface area contributed by atoms with E-state index in [1.165, 1.54) is 27.2 Å². The van der Waals surface area contributed by atoms with Gasteiger partial charge >= 0.3 is 0 Å². The van der Waals surface area contributed by atoms with Crippen LogP contribution in [0.5, 0.6) is 0 Å². The minimum Gasteiger partial charge on any atom is -0.294 e. The lowest BCUT2D eigenvalue weighted by atomic mass is 10.0. The van der Waals surface area contributed by atoms with Crippen molar-refractivity contribution in [3.05, 3.63) is 315 Å². The van der Waals surface area contributed by atoms with Gasteiger partial charge in [-0.3, -0.25) is 31.3 Å². The molecule has 466 valence electrons. The molecule has 0 bridgehead atoms. The highest BCUT2D eigenvalue weighted by atomic mass is 15.3. The molecule has 0 aliphatic rings. The molecule has 23 aromatic rings. The first-order chi connectivity index (χ1) is 49.6. The zero-order chi connectivity index (χ0) is 65.3. The van der Waals surface area contributed by atoms with E-state index in [-0.39, 0.29) is 0 Å². The van der Waals surface area contributed by atoms with Crippen LogP contribution >= 0.6 is 0 Å². The molecule has 10 heterocycles. The van der Waals surface area contributed by atoms with E-state index in [0.717, 1.165) is 150 Å². The van der Waals surface area contributed by atoms with Crippen LogP contribution in [0.4, 0.5) is 0 Å². The van der Waals surface area contributed by atoms with Crippen molar-refractivity contribution in [2.45, 2.75) is 0 Å². The highest BCUT2D eigenvalue weighted by molar-refractivity contribution is 6.02. The normalized spacial score (nSPS) is 12.2. The second-order valence-corrected chi connectivity index (χ2v) is 25.6. The second-order valence-electron chi connectivity index (χ2n) is 25.6. The van der Waals surface area contributed by atoms with Gasteiger partial charge < -0.3 is 0 Å². The Morgan fingerprint density at radius 1 is 0.200 bits per heavy atom. The van der Waals surface area contributed by atoms with Gasteiger partial charge in [-0.2, -0.15) is 0 Å². The predicted octanol–water partition coefficient (Wildman–Crippen LogP) is 19.9. The summed E-state index contributed by atoms with van der Waals surface area (Å²) in [6.45, 7) is 0. The van der Waals surface area contributed by atoms with Crippen molar-refractivity contribution >= 4 is 143 Å². The van der Waals surface area contributed by atoms with Crippen LogP contribution in [0.1, 0.15) is 0 Å². The lowest BCUT2D eigenvalue weighted by molar-refractivity contribution is 0.986. The number of para-hydroxylation sites is 13.